The number of nitrogens with one attached hydrogen (secondary N) is 2. The molecule has 2 aliphatic heterocycles. The van der Waals surface area contributed by atoms with Crippen LogP contribution in [0.15, 0.2) is 34.5 Å². The Labute approximate surface area is 286 Å². The summed E-state index contributed by atoms with van der Waals surface area (Å²) in [5, 5.41) is 2.78. The van der Waals surface area contributed by atoms with E-state index in [9.17, 15) is 23.8 Å². The van der Waals surface area contributed by atoms with Gasteiger partial charge in [0.1, 0.15) is 36.3 Å². The number of nitrogen functional groups attached to an aromatic ring is 1. The van der Waals surface area contributed by atoms with Crippen LogP contribution in [0.25, 0.3) is 11.2 Å². The van der Waals surface area contributed by atoms with Gasteiger partial charge in [-0.1, -0.05) is 0 Å². The second-order valence-electron chi connectivity index (χ2n) is 12.4. The molecule has 21 heteroatoms. The van der Waals surface area contributed by atoms with Gasteiger partial charge in [0.2, 0.25) is 5.91 Å². The number of hydrogen-bond donors (Lipinski definition) is 3. The lowest BCUT2D eigenvalue weighted by atomic mass is 9.93. The van der Waals surface area contributed by atoms with Crippen molar-refractivity contribution in [3.63, 3.8) is 0 Å². The molecular formula is C29H42N8O12P-. The Morgan fingerprint density at radius 1 is 1.04 bits per heavy atom. The first-order valence-electron chi connectivity index (χ1n) is 15.9. The molecule has 50 heavy (non-hydrogen) atoms. The molecule has 0 spiro atoms. The fraction of sp³-hybridized carbons (Fsp3) is 0.655. The van der Waals surface area contributed by atoms with Gasteiger partial charge in [0.25, 0.3) is 13.4 Å². The van der Waals surface area contributed by atoms with Crippen LogP contribution >= 0.6 is 7.82 Å². The van der Waals surface area contributed by atoms with E-state index in [-0.39, 0.29) is 31.5 Å². The van der Waals surface area contributed by atoms with Crippen molar-refractivity contribution in [2.75, 3.05) is 33.1 Å². The van der Waals surface area contributed by atoms with E-state index in [2.05, 4.69) is 25.3 Å². The lowest BCUT2D eigenvalue weighted by molar-refractivity contribution is -0.236. The molecule has 2 fully saturated rings. The maximum absolute atomic E-state index is 13.6. The van der Waals surface area contributed by atoms with Crippen molar-refractivity contribution in [3.05, 3.63) is 45.8 Å². The van der Waals surface area contributed by atoms with Crippen LogP contribution in [0, 0.1) is 5.92 Å². The van der Waals surface area contributed by atoms with E-state index in [0.29, 0.717) is 11.2 Å². The number of H-pyrrole nitrogens is 1. The van der Waals surface area contributed by atoms with Crippen molar-refractivity contribution < 1.29 is 47.0 Å². The first kappa shape index (κ1) is 37.7. The average Bonchev–Trinajstić information content (AvgIpc) is 3.71. The van der Waals surface area contributed by atoms with Gasteiger partial charge >= 0.3 is 5.69 Å². The number of hydrogen-bond acceptors (Lipinski definition) is 16. The minimum absolute atomic E-state index is 0.101. The number of phosphoric acid groups is 1. The third-order valence-corrected chi connectivity index (χ3v) is 9.40. The molecule has 1 unspecified atom stereocenters. The van der Waals surface area contributed by atoms with E-state index in [0.717, 1.165) is 10.6 Å². The SMILES string of the molecule is CO[C@@H]1[C@H](OP(=O)([O-])OC(C)C)[C@@H](CNC(=O)C[C@H]2[C@@H](OC)[C@H](n3cnc4c(N)ncnc43)O[C@@H]2COC(C)C)O[C@H]1n1ccc(=O)[nH]c1=O. The van der Waals surface area contributed by atoms with Crippen LogP contribution in [-0.4, -0.2) is 105 Å². The number of ether oxygens (including phenoxy) is 5. The summed E-state index contributed by atoms with van der Waals surface area (Å²) >= 11 is 0. The molecule has 0 aromatic carbocycles. The van der Waals surface area contributed by atoms with E-state index in [1.807, 2.05) is 13.8 Å². The summed E-state index contributed by atoms with van der Waals surface area (Å²) in [5.74, 6) is -0.791. The van der Waals surface area contributed by atoms with Gasteiger partial charge in [0, 0.05) is 45.4 Å². The molecule has 3 aromatic rings. The quantitative estimate of drug-likeness (QED) is 0.169. The number of carbonyl (C=O) groups is 1. The maximum Gasteiger partial charge on any atom is 0.330 e. The lowest BCUT2D eigenvalue weighted by Crippen LogP contribution is -2.44. The Morgan fingerprint density at radius 2 is 1.74 bits per heavy atom. The first-order valence-corrected chi connectivity index (χ1v) is 17.4. The highest BCUT2D eigenvalue weighted by atomic mass is 31.2. The molecule has 3 aromatic heterocycles. The van der Waals surface area contributed by atoms with Crippen LogP contribution in [0.5, 0.6) is 0 Å². The molecule has 5 rings (SSSR count). The van der Waals surface area contributed by atoms with Gasteiger partial charge in [-0.05, 0) is 27.7 Å². The van der Waals surface area contributed by atoms with Gasteiger partial charge < -0.3 is 48.7 Å². The highest BCUT2D eigenvalue weighted by Gasteiger charge is 2.50. The number of anilines is 1. The highest BCUT2D eigenvalue weighted by Crippen LogP contribution is 2.46. The summed E-state index contributed by atoms with van der Waals surface area (Å²) in [6, 6.07) is 1.10. The first-order chi connectivity index (χ1) is 23.7. The smallest absolute Gasteiger partial charge is 0.330 e. The van der Waals surface area contributed by atoms with Crippen molar-refractivity contribution in [2.24, 2.45) is 5.92 Å². The molecule has 0 radical (unpaired) electrons. The van der Waals surface area contributed by atoms with Crippen LogP contribution in [0.2, 0.25) is 0 Å². The monoisotopic (exact) mass is 725 g/mol. The Kier molecular flexibility index (Phi) is 11.9. The summed E-state index contributed by atoms with van der Waals surface area (Å²) in [6.07, 6.45) is -3.90. The Balaban J connectivity index is 1.36. The Bertz CT molecular complexity index is 1800. The lowest BCUT2D eigenvalue weighted by Gasteiger charge is -2.31. The molecule has 1 amide bonds. The molecule has 2 aliphatic rings. The van der Waals surface area contributed by atoms with Gasteiger partial charge in [-0.2, -0.15) is 0 Å². The van der Waals surface area contributed by atoms with Crippen LogP contribution in [0.3, 0.4) is 0 Å². The van der Waals surface area contributed by atoms with Gasteiger partial charge in [-0.3, -0.25) is 28.3 Å². The topological polar surface area (TPSA) is 258 Å². The molecule has 0 bridgehead atoms. The number of rotatable bonds is 15. The van der Waals surface area contributed by atoms with Crippen molar-refractivity contribution in [2.45, 2.75) is 89.3 Å². The van der Waals surface area contributed by atoms with Crippen molar-refractivity contribution in [3.8, 4) is 0 Å². The third-order valence-electron chi connectivity index (χ3n) is 8.22. The minimum atomic E-state index is -4.92. The zero-order valence-electron chi connectivity index (χ0n) is 28.4. The Morgan fingerprint density at radius 3 is 2.40 bits per heavy atom. The minimum Gasteiger partial charge on any atom is -0.756 e. The number of phosphoric ester groups is 1. The molecule has 5 heterocycles. The number of aromatic amines is 1. The summed E-state index contributed by atoms with van der Waals surface area (Å²) in [6.45, 7) is 6.66. The molecular weight excluding hydrogens is 683 g/mol. The number of fused-ring (bicyclic) bond motifs is 1. The number of aromatic nitrogens is 6. The van der Waals surface area contributed by atoms with Crippen molar-refractivity contribution in [1.82, 2.24) is 34.4 Å². The zero-order valence-corrected chi connectivity index (χ0v) is 29.3. The van der Waals surface area contributed by atoms with Gasteiger partial charge in [-0.25, -0.2) is 19.7 Å². The molecule has 0 saturated carbocycles. The van der Waals surface area contributed by atoms with Crippen LogP contribution < -0.4 is 27.2 Å². The van der Waals surface area contributed by atoms with E-state index in [4.69, 9.17) is 38.5 Å². The molecule has 0 aliphatic carbocycles. The maximum atomic E-state index is 13.6. The molecule has 9 atom stereocenters. The zero-order chi connectivity index (χ0) is 36.3. The molecule has 20 nitrogen and oxygen atoms in total. The highest BCUT2D eigenvalue weighted by molar-refractivity contribution is 7.45. The number of nitrogens with two attached hydrogens (primary N) is 1. The number of carbonyl (C=O) groups excluding carboxylic acids is 1. The number of nitrogens with zero attached hydrogens (tertiary/aromatic N) is 5. The Hall–Kier alpha value is -3.59. The predicted octanol–water partition coefficient (Wildman–Crippen LogP) is -0.390. The van der Waals surface area contributed by atoms with E-state index in [1.165, 1.54) is 46.9 Å². The molecule has 4 N–H and O–H groups in total. The van der Waals surface area contributed by atoms with Gasteiger partial charge in [-0.15, -0.1) is 0 Å². The molecule has 2 saturated heterocycles. The van der Waals surface area contributed by atoms with Crippen molar-refractivity contribution >= 4 is 30.7 Å². The second kappa shape index (κ2) is 15.7. The number of imidazole rings is 1. The largest absolute Gasteiger partial charge is 0.756 e. The number of amides is 1. The fourth-order valence-electron chi connectivity index (χ4n) is 6.08. The van der Waals surface area contributed by atoms with E-state index < -0.39 is 80.0 Å². The summed E-state index contributed by atoms with van der Waals surface area (Å²) in [7, 11) is -2.15. The summed E-state index contributed by atoms with van der Waals surface area (Å²) in [4.78, 5) is 65.5. The van der Waals surface area contributed by atoms with Crippen LogP contribution in [-0.2, 0) is 42.1 Å². The normalized spacial score (nSPS) is 28.1. The van der Waals surface area contributed by atoms with Crippen molar-refractivity contribution in [1.29, 1.82) is 0 Å². The molecule has 276 valence electrons. The fourth-order valence-corrected chi connectivity index (χ4v) is 7.20. The second-order valence-corrected chi connectivity index (χ2v) is 13.7. The number of methoxy groups -OCH3 is 2. The van der Waals surface area contributed by atoms with E-state index in [1.54, 1.807) is 4.57 Å². The summed E-state index contributed by atoms with van der Waals surface area (Å²) in [5.41, 5.74) is 5.32. The van der Waals surface area contributed by atoms with Gasteiger partial charge in [0.05, 0.1) is 31.2 Å². The van der Waals surface area contributed by atoms with Crippen LogP contribution in [0.4, 0.5) is 5.82 Å². The van der Waals surface area contributed by atoms with E-state index >= 15 is 0 Å². The third kappa shape index (κ3) is 8.30. The predicted molar refractivity (Wildman–Crippen MR) is 171 cm³/mol. The van der Waals surface area contributed by atoms with Crippen LogP contribution in [0.1, 0.15) is 46.6 Å². The summed E-state index contributed by atoms with van der Waals surface area (Å²) < 4.78 is 55.7. The average molecular weight is 726 g/mol. The van der Waals surface area contributed by atoms with Gasteiger partial charge in [0.15, 0.2) is 23.9 Å². The standard InChI is InChI=1S/C29H43N8O12P/c1-14(2)45-11-18-16(22(43-5)27(47-18)37-13-34-21-25(30)32-12-33-26(21)37)9-20(39)31-10-17-23(49-50(41,42)48-15(3)4)24(44-6)28(46-17)36-8-7-19(38)35-29(36)40/h7-8,12-18,22-24,27-28H,9-11H2,1-6H3,(H,31,39)(H,41,42)(H2,30,32,33)(H,35,38,40)/p-1/t16-,17-,18-,22-,23-,24-,27-,28-/m1/s1.